The first-order valence-corrected chi connectivity index (χ1v) is 13.0. The van der Waals surface area contributed by atoms with Crippen molar-refractivity contribution in [3.63, 3.8) is 0 Å². The van der Waals surface area contributed by atoms with Crippen molar-refractivity contribution < 1.29 is 36.3 Å². The smallest absolute Gasteiger partial charge is 0.417 e. The molecule has 12 heteroatoms. The summed E-state index contributed by atoms with van der Waals surface area (Å²) in [7, 11) is -4.51. The van der Waals surface area contributed by atoms with Gasteiger partial charge in [0.25, 0.3) is 0 Å². The summed E-state index contributed by atoms with van der Waals surface area (Å²) in [5.41, 5.74) is -0.476. The number of hydrogen-bond acceptors (Lipinski definition) is 4. The Labute approximate surface area is 206 Å². The van der Waals surface area contributed by atoms with Crippen LogP contribution in [0.25, 0.3) is 11.1 Å². The highest BCUT2D eigenvalue weighted by Crippen LogP contribution is 2.37. The number of hydrogen-bond donors (Lipinski definition) is 2. The molecule has 2 aliphatic heterocycles. The molecule has 2 aliphatic rings. The Kier molecular flexibility index (Phi) is 7.28. The van der Waals surface area contributed by atoms with Crippen molar-refractivity contribution in [2.75, 3.05) is 19.6 Å². The van der Waals surface area contributed by atoms with Gasteiger partial charge in [-0.2, -0.15) is 13.2 Å². The highest BCUT2D eigenvalue weighted by atomic mass is 32.2. The van der Waals surface area contributed by atoms with Crippen molar-refractivity contribution in [3.8, 4) is 11.1 Å². The van der Waals surface area contributed by atoms with Crippen molar-refractivity contribution in [1.29, 1.82) is 0 Å². The van der Waals surface area contributed by atoms with E-state index in [4.69, 9.17) is 0 Å². The van der Waals surface area contributed by atoms with Crippen LogP contribution in [0.2, 0.25) is 0 Å². The lowest BCUT2D eigenvalue weighted by molar-refractivity contribution is -0.140. The zero-order chi connectivity index (χ0) is 26.1. The minimum absolute atomic E-state index is 0.176. The van der Waals surface area contributed by atoms with Crippen LogP contribution >= 0.6 is 0 Å². The predicted molar refractivity (Wildman–Crippen MR) is 125 cm³/mol. The average molecular weight is 526 g/mol. The maximum absolute atomic E-state index is 13.8. The lowest BCUT2D eigenvalue weighted by atomic mass is 10.0. The van der Waals surface area contributed by atoms with E-state index in [0.29, 0.717) is 18.4 Å². The number of benzene rings is 2. The van der Waals surface area contributed by atoms with Gasteiger partial charge < -0.3 is 10.0 Å². The minimum atomic E-state index is -4.89. The van der Waals surface area contributed by atoms with Gasteiger partial charge in [0.05, 0.1) is 10.5 Å². The zero-order valence-electron chi connectivity index (χ0n) is 19.2. The largest absolute Gasteiger partial charge is 0.465 e. The van der Waals surface area contributed by atoms with Crippen LogP contribution < -0.4 is 4.72 Å². The third-order valence-electron chi connectivity index (χ3n) is 6.59. The van der Waals surface area contributed by atoms with Crippen LogP contribution in [0.1, 0.15) is 31.2 Å². The molecule has 8 nitrogen and oxygen atoms in total. The topological polar surface area (TPSA) is 107 Å². The van der Waals surface area contributed by atoms with Crippen LogP contribution in [0.3, 0.4) is 0 Å². The molecule has 1 atom stereocenters. The van der Waals surface area contributed by atoms with Crippen LogP contribution in [0.5, 0.6) is 0 Å². The first kappa shape index (κ1) is 26.0. The molecule has 2 aromatic carbocycles. The number of alkyl halides is 3. The summed E-state index contributed by atoms with van der Waals surface area (Å²) in [6, 6.07) is 10.1. The van der Waals surface area contributed by atoms with E-state index in [2.05, 4.69) is 4.72 Å². The molecular formula is C24H26F3N3O5S. The maximum Gasteiger partial charge on any atom is 0.417 e. The first-order chi connectivity index (χ1) is 17.0. The summed E-state index contributed by atoms with van der Waals surface area (Å²) in [5.74, 6) is -0.327. The van der Waals surface area contributed by atoms with Crippen molar-refractivity contribution in [2.24, 2.45) is 0 Å². The molecular weight excluding hydrogens is 499 g/mol. The Bertz CT molecular complexity index is 1230. The molecule has 2 saturated heterocycles. The van der Waals surface area contributed by atoms with E-state index in [1.54, 1.807) is 30.3 Å². The number of carbonyl (C=O) groups is 2. The van der Waals surface area contributed by atoms with Crippen molar-refractivity contribution in [1.82, 2.24) is 14.5 Å². The summed E-state index contributed by atoms with van der Waals surface area (Å²) in [6.07, 6.45) is -4.63. The van der Waals surface area contributed by atoms with Gasteiger partial charge in [-0.15, -0.1) is 0 Å². The molecule has 4 rings (SSSR count). The van der Waals surface area contributed by atoms with Crippen LogP contribution in [-0.2, 0) is 21.0 Å². The second kappa shape index (κ2) is 10.1. The van der Waals surface area contributed by atoms with Gasteiger partial charge in [0, 0.05) is 25.7 Å². The number of amides is 2. The monoisotopic (exact) mass is 525 g/mol. The number of halogens is 3. The summed E-state index contributed by atoms with van der Waals surface area (Å²) >= 11 is 0. The van der Waals surface area contributed by atoms with Gasteiger partial charge in [0.15, 0.2) is 0 Å². The third-order valence-corrected chi connectivity index (χ3v) is 8.17. The molecule has 0 spiro atoms. The number of piperidine rings is 1. The highest BCUT2D eigenvalue weighted by molar-refractivity contribution is 7.89. The molecule has 194 valence electrons. The molecule has 0 saturated carbocycles. The molecule has 0 aromatic heterocycles. The Morgan fingerprint density at radius 2 is 1.61 bits per heavy atom. The van der Waals surface area contributed by atoms with Gasteiger partial charge in [0.1, 0.15) is 6.04 Å². The minimum Gasteiger partial charge on any atom is -0.465 e. The Balaban J connectivity index is 1.47. The Morgan fingerprint density at radius 1 is 0.944 bits per heavy atom. The molecule has 2 aromatic rings. The van der Waals surface area contributed by atoms with E-state index >= 15 is 0 Å². The highest BCUT2D eigenvalue weighted by Gasteiger charge is 2.40. The lowest BCUT2D eigenvalue weighted by Crippen LogP contribution is -2.52. The number of carboxylic acid groups (broad SMARTS) is 1. The average Bonchev–Trinajstić information content (AvgIpc) is 3.34. The second-order valence-electron chi connectivity index (χ2n) is 8.93. The normalized spacial score (nSPS) is 19.5. The molecule has 0 aliphatic carbocycles. The number of carbonyl (C=O) groups excluding carboxylic acids is 1. The number of nitrogens with one attached hydrogen (secondary N) is 1. The zero-order valence-corrected chi connectivity index (χ0v) is 20.1. The van der Waals surface area contributed by atoms with Crippen LogP contribution in [-0.4, -0.2) is 67.0 Å². The predicted octanol–water partition coefficient (Wildman–Crippen LogP) is 3.78. The fourth-order valence-corrected chi connectivity index (χ4v) is 6.27. The molecule has 2 heterocycles. The van der Waals surface area contributed by atoms with Crippen LogP contribution in [0.15, 0.2) is 53.4 Å². The maximum atomic E-state index is 13.8. The van der Waals surface area contributed by atoms with Gasteiger partial charge >= 0.3 is 12.3 Å². The first-order valence-electron chi connectivity index (χ1n) is 11.5. The quantitative estimate of drug-likeness (QED) is 0.618. The van der Waals surface area contributed by atoms with Gasteiger partial charge in [-0.25, -0.2) is 17.9 Å². The van der Waals surface area contributed by atoms with Crippen molar-refractivity contribution in [3.05, 3.63) is 54.1 Å². The van der Waals surface area contributed by atoms with E-state index in [1.807, 2.05) is 0 Å². The van der Waals surface area contributed by atoms with E-state index < -0.39 is 44.8 Å². The molecule has 2 fully saturated rings. The molecule has 0 bridgehead atoms. The fourth-order valence-electron chi connectivity index (χ4n) is 4.76. The van der Waals surface area contributed by atoms with Gasteiger partial charge in [-0.1, -0.05) is 36.4 Å². The summed E-state index contributed by atoms with van der Waals surface area (Å²) < 4.78 is 69.9. The molecule has 0 unspecified atom stereocenters. The van der Waals surface area contributed by atoms with Gasteiger partial charge in [-0.3, -0.25) is 9.69 Å². The number of rotatable bonds is 5. The van der Waals surface area contributed by atoms with Gasteiger partial charge in [0.2, 0.25) is 15.9 Å². The third kappa shape index (κ3) is 5.49. The van der Waals surface area contributed by atoms with E-state index in [-0.39, 0.29) is 43.9 Å². The van der Waals surface area contributed by atoms with Gasteiger partial charge in [-0.05, 0) is 48.9 Å². The fraction of sp³-hybridized carbons (Fsp3) is 0.417. The number of sulfonamides is 1. The molecule has 2 N–H and O–H groups in total. The lowest BCUT2D eigenvalue weighted by Gasteiger charge is -2.35. The van der Waals surface area contributed by atoms with Crippen LogP contribution in [0, 0.1) is 0 Å². The van der Waals surface area contributed by atoms with Crippen molar-refractivity contribution in [2.45, 2.75) is 48.8 Å². The van der Waals surface area contributed by atoms with Crippen LogP contribution in [0.4, 0.5) is 18.0 Å². The Morgan fingerprint density at radius 3 is 2.22 bits per heavy atom. The molecule has 0 radical (unpaired) electrons. The summed E-state index contributed by atoms with van der Waals surface area (Å²) in [6.45, 7) is 0.636. The Hall–Kier alpha value is -3.12. The summed E-state index contributed by atoms with van der Waals surface area (Å²) in [4.78, 5) is 25.9. The molecule has 36 heavy (non-hydrogen) atoms. The summed E-state index contributed by atoms with van der Waals surface area (Å²) in [5, 5.41) is 9.27. The van der Waals surface area contributed by atoms with Crippen molar-refractivity contribution >= 4 is 22.0 Å². The second-order valence-corrected chi connectivity index (χ2v) is 10.6. The molecule has 2 amide bonds. The standard InChI is InChI=1S/C24H26F3N3O5S/c25-24(26,27)19-15-17(16-5-2-1-3-6-16)8-9-21(19)36(34,35)28-18-10-13-29(14-11-18)22(31)20-7-4-12-30(20)23(32)33/h1-3,5-6,8-9,15,18,20,28H,4,7,10-14H2,(H,32,33)/t20-/m0/s1. The van der Waals surface area contributed by atoms with E-state index in [9.17, 15) is 36.3 Å². The number of likely N-dealkylation sites (tertiary alicyclic amines) is 2. The number of nitrogens with zero attached hydrogens (tertiary/aromatic N) is 2. The van der Waals surface area contributed by atoms with E-state index in [1.165, 1.54) is 11.0 Å². The SMILES string of the molecule is O=C([C@@H]1CCCN1C(=O)O)N1CCC(NS(=O)(=O)c2ccc(-c3ccccc3)cc2C(F)(F)F)CC1. The van der Waals surface area contributed by atoms with E-state index in [0.717, 1.165) is 17.0 Å².